The first kappa shape index (κ1) is 19.3. The third-order valence-corrected chi connectivity index (χ3v) is 3.77. The Labute approximate surface area is 151 Å². The van der Waals surface area contributed by atoms with E-state index in [0.29, 0.717) is 17.7 Å². The van der Waals surface area contributed by atoms with E-state index in [9.17, 15) is 18.8 Å². The van der Waals surface area contributed by atoms with E-state index in [2.05, 4.69) is 5.32 Å². The van der Waals surface area contributed by atoms with Crippen molar-refractivity contribution in [2.24, 2.45) is 0 Å². The lowest BCUT2D eigenvalue weighted by atomic mass is 10.1. The van der Waals surface area contributed by atoms with Crippen LogP contribution in [-0.4, -0.2) is 23.8 Å². The third kappa shape index (κ3) is 5.51. The van der Waals surface area contributed by atoms with Crippen LogP contribution in [0.25, 0.3) is 0 Å². The summed E-state index contributed by atoms with van der Waals surface area (Å²) in [4.78, 5) is 35.7. The number of amides is 1. The first-order valence-corrected chi connectivity index (χ1v) is 8.21. The van der Waals surface area contributed by atoms with Gasteiger partial charge in [-0.25, -0.2) is 4.39 Å². The van der Waals surface area contributed by atoms with Crippen molar-refractivity contribution >= 4 is 23.3 Å². The number of hydrogen-bond donors (Lipinski definition) is 1. The first-order chi connectivity index (χ1) is 12.4. The molecule has 2 rings (SSSR count). The Balaban J connectivity index is 1.87. The molecule has 1 amide bonds. The molecule has 0 aromatic heterocycles. The van der Waals surface area contributed by atoms with Crippen LogP contribution in [0.1, 0.15) is 36.2 Å². The Morgan fingerprint density at radius 2 is 1.73 bits per heavy atom. The fraction of sp³-hybridized carbons (Fsp3) is 0.250. The van der Waals surface area contributed by atoms with Crippen molar-refractivity contribution in [2.45, 2.75) is 32.8 Å². The summed E-state index contributed by atoms with van der Waals surface area (Å²) in [7, 11) is 0. The van der Waals surface area contributed by atoms with Crippen LogP contribution in [0, 0.1) is 5.82 Å². The van der Waals surface area contributed by atoms with Crippen LogP contribution in [0.5, 0.6) is 0 Å². The van der Waals surface area contributed by atoms with Gasteiger partial charge in [0.25, 0.3) is 5.91 Å². The summed E-state index contributed by atoms with van der Waals surface area (Å²) in [5, 5.41) is 2.60. The Kier molecular flexibility index (Phi) is 6.60. The molecular weight excluding hydrogens is 337 g/mol. The van der Waals surface area contributed by atoms with Crippen LogP contribution in [0.15, 0.2) is 48.5 Å². The van der Waals surface area contributed by atoms with Crippen LogP contribution < -0.4 is 5.32 Å². The largest absolute Gasteiger partial charge is 0.453 e. The molecule has 0 fully saturated rings. The van der Waals surface area contributed by atoms with E-state index in [-0.39, 0.29) is 18.0 Å². The second-order valence-corrected chi connectivity index (χ2v) is 5.85. The highest BCUT2D eigenvalue weighted by Gasteiger charge is 2.19. The van der Waals surface area contributed by atoms with E-state index in [1.54, 1.807) is 36.4 Å². The number of esters is 1. The number of aryl methyl sites for hydroxylation is 1. The van der Waals surface area contributed by atoms with Gasteiger partial charge < -0.3 is 10.1 Å². The lowest BCUT2D eigenvalue weighted by molar-refractivity contribution is -0.153. The molecule has 0 aliphatic rings. The van der Waals surface area contributed by atoms with Crippen LogP contribution in [0.3, 0.4) is 0 Å². The van der Waals surface area contributed by atoms with Crippen molar-refractivity contribution in [2.75, 3.05) is 5.32 Å². The van der Waals surface area contributed by atoms with Crippen LogP contribution in [0.4, 0.5) is 10.1 Å². The zero-order chi connectivity index (χ0) is 19.1. The summed E-state index contributed by atoms with van der Waals surface area (Å²) in [5.74, 6) is -1.57. The standard InChI is InChI=1S/C20H20FNO4/c1-13(23)17-5-3-4-6-18(17)22-20(25)14(2)26-19(24)12-9-15-7-10-16(21)11-8-15/h3-8,10-11,14H,9,12H2,1-2H3,(H,22,25)/t14-/m0/s1. The van der Waals surface area contributed by atoms with Gasteiger partial charge in [0.2, 0.25) is 0 Å². The molecule has 26 heavy (non-hydrogen) atoms. The van der Waals surface area contributed by atoms with Crippen molar-refractivity contribution in [3.05, 3.63) is 65.5 Å². The normalized spacial score (nSPS) is 11.5. The quantitative estimate of drug-likeness (QED) is 0.608. The lowest BCUT2D eigenvalue weighted by Gasteiger charge is -2.15. The molecule has 0 bridgehead atoms. The van der Waals surface area contributed by atoms with Gasteiger partial charge in [0.05, 0.1) is 5.69 Å². The molecule has 2 aromatic rings. The van der Waals surface area contributed by atoms with Crippen LogP contribution in [-0.2, 0) is 20.7 Å². The summed E-state index contributed by atoms with van der Waals surface area (Å²) in [6.45, 7) is 2.87. The van der Waals surface area contributed by atoms with Crippen LogP contribution >= 0.6 is 0 Å². The van der Waals surface area contributed by atoms with Gasteiger partial charge in [0, 0.05) is 12.0 Å². The zero-order valence-corrected chi connectivity index (χ0v) is 14.6. The Morgan fingerprint density at radius 1 is 1.08 bits per heavy atom. The van der Waals surface area contributed by atoms with Crippen molar-refractivity contribution in [1.29, 1.82) is 0 Å². The van der Waals surface area contributed by atoms with Gasteiger partial charge >= 0.3 is 5.97 Å². The van der Waals surface area contributed by atoms with E-state index in [4.69, 9.17) is 4.74 Å². The summed E-state index contributed by atoms with van der Waals surface area (Å²) in [6.07, 6.45) is -0.538. The molecule has 1 atom stereocenters. The van der Waals surface area contributed by atoms with Gasteiger partial charge in [0.1, 0.15) is 5.82 Å². The number of carbonyl (C=O) groups is 3. The van der Waals surface area contributed by atoms with Crippen molar-refractivity contribution in [3.8, 4) is 0 Å². The highest BCUT2D eigenvalue weighted by atomic mass is 19.1. The predicted octanol–water partition coefficient (Wildman–Crippen LogP) is 3.53. The maximum atomic E-state index is 12.8. The fourth-order valence-corrected chi connectivity index (χ4v) is 2.34. The number of nitrogens with one attached hydrogen (secondary N) is 1. The fourth-order valence-electron chi connectivity index (χ4n) is 2.34. The maximum Gasteiger partial charge on any atom is 0.306 e. The number of rotatable bonds is 7. The summed E-state index contributed by atoms with van der Waals surface area (Å²) >= 11 is 0. The van der Waals surface area contributed by atoms with Gasteiger partial charge in [-0.2, -0.15) is 0 Å². The summed E-state index contributed by atoms with van der Waals surface area (Å²) in [5.41, 5.74) is 1.56. The molecule has 0 aliphatic heterocycles. The number of anilines is 1. The molecule has 0 spiro atoms. The monoisotopic (exact) mass is 357 g/mol. The minimum Gasteiger partial charge on any atom is -0.453 e. The molecule has 2 aromatic carbocycles. The number of hydrogen-bond acceptors (Lipinski definition) is 4. The highest BCUT2D eigenvalue weighted by Crippen LogP contribution is 2.16. The molecule has 0 saturated heterocycles. The Hall–Kier alpha value is -3.02. The number of ketones is 1. The van der Waals surface area contributed by atoms with Crippen molar-refractivity contribution < 1.29 is 23.5 Å². The predicted molar refractivity (Wildman–Crippen MR) is 95.4 cm³/mol. The zero-order valence-electron chi connectivity index (χ0n) is 14.6. The second-order valence-electron chi connectivity index (χ2n) is 5.85. The average molecular weight is 357 g/mol. The number of carbonyl (C=O) groups excluding carboxylic acids is 3. The number of ether oxygens (including phenoxy) is 1. The molecular formula is C20H20FNO4. The lowest BCUT2D eigenvalue weighted by Crippen LogP contribution is -2.30. The second kappa shape index (κ2) is 8.89. The highest BCUT2D eigenvalue weighted by molar-refractivity contribution is 6.04. The van der Waals surface area contributed by atoms with E-state index in [1.165, 1.54) is 26.0 Å². The summed E-state index contributed by atoms with van der Waals surface area (Å²) < 4.78 is 18.0. The van der Waals surface area contributed by atoms with Gasteiger partial charge in [-0.3, -0.25) is 14.4 Å². The Bertz CT molecular complexity index is 802. The minimum absolute atomic E-state index is 0.0767. The molecule has 0 aliphatic carbocycles. The minimum atomic E-state index is -1.00. The first-order valence-electron chi connectivity index (χ1n) is 8.21. The van der Waals surface area contributed by atoms with Crippen LogP contribution in [0.2, 0.25) is 0 Å². The molecule has 0 saturated carbocycles. The molecule has 0 unspecified atom stereocenters. The molecule has 0 radical (unpaired) electrons. The van der Waals surface area contributed by atoms with Crippen molar-refractivity contribution in [3.63, 3.8) is 0 Å². The molecule has 136 valence electrons. The van der Waals surface area contributed by atoms with E-state index >= 15 is 0 Å². The number of benzene rings is 2. The smallest absolute Gasteiger partial charge is 0.306 e. The molecule has 5 nitrogen and oxygen atoms in total. The molecule has 6 heteroatoms. The number of para-hydroxylation sites is 1. The van der Waals surface area contributed by atoms with Gasteiger partial charge in [-0.05, 0) is 50.1 Å². The maximum absolute atomic E-state index is 12.8. The van der Waals surface area contributed by atoms with Gasteiger partial charge in [0.15, 0.2) is 11.9 Å². The van der Waals surface area contributed by atoms with Gasteiger partial charge in [-0.15, -0.1) is 0 Å². The van der Waals surface area contributed by atoms with E-state index in [1.807, 2.05) is 0 Å². The number of halogens is 1. The number of Topliss-reactive ketones (excluding diaryl/α,β-unsaturated/α-hetero) is 1. The third-order valence-electron chi connectivity index (χ3n) is 3.77. The van der Waals surface area contributed by atoms with E-state index < -0.39 is 18.0 Å². The average Bonchev–Trinajstić information content (AvgIpc) is 2.61. The summed E-state index contributed by atoms with van der Waals surface area (Å²) in [6, 6.07) is 12.4. The van der Waals surface area contributed by atoms with E-state index in [0.717, 1.165) is 5.56 Å². The van der Waals surface area contributed by atoms with Crippen molar-refractivity contribution in [1.82, 2.24) is 0 Å². The topological polar surface area (TPSA) is 72.5 Å². The SMILES string of the molecule is CC(=O)c1ccccc1NC(=O)[C@H](C)OC(=O)CCc1ccc(F)cc1. The molecule has 1 N–H and O–H groups in total. The Morgan fingerprint density at radius 3 is 2.38 bits per heavy atom. The molecule has 0 heterocycles. The van der Waals surface area contributed by atoms with Gasteiger partial charge in [-0.1, -0.05) is 24.3 Å².